The van der Waals surface area contributed by atoms with Crippen molar-refractivity contribution in [2.75, 3.05) is 16.8 Å². The topological polar surface area (TPSA) is 61.3 Å². The van der Waals surface area contributed by atoms with Crippen molar-refractivity contribution in [3.8, 4) is 0 Å². The third-order valence-electron chi connectivity index (χ3n) is 3.80. The molecule has 102 valence electrons. The summed E-state index contributed by atoms with van der Waals surface area (Å²) in [6.45, 7) is 0.858. The molecular weight excluding hydrogens is 276 g/mol. The zero-order chi connectivity index (χ0) is 13.7. The second-order valence-electron chi connectivity index (χ2n) is 5.06. The lowest BCUT2D eigenvalue weighted by atomic mass is 10.2. The number of benzene rings is 1. The summed E-state index contributed by atoms with van der Waals surface area (Å²) in [4.78, 5) is 10.8. The van der Waals surface area contributed by atoms with Gasteiger partial charge in [0.2, 0.25) is 0 Å². The molecule has 1 aromatic heterocycles. The van der Waals surface area contributed by atoms with Gasteiger partial charge in [0.25, 0.3) is 0 Å². The molecule has 1 aromatic carbocycles. The van der Waals surface area contributed by atoms with E-state index in [1.165, 1.54) is 5.56 Å². The summed E-state index contributed by atoms with van der Waals surface area (Å²) < 4.78 is 0. The van der Waals surface area contributed by atoms with E-state index in [1.54, 1.807) is 6.33 Å². The van der Waals surface area contributed by atoms with E-state index < -0.39 is 6.23 Å². The van der Waals surface area contributed by atoms with Gasteiger partial charge in [-0.15, -0.1) is 0 Å². The van der Waals surface area contributed by atoms with Crippen LogP contribution in [0.2, 0.25) is 5.02 Å². The van der Waals surface area contributed by atoms with E-state index in [0.29, 0.717) is 11.4 Å². The Labute approximate surface area is 121 Å². The number of halogens is 1. The maximum absolute atomic E-state index is 9.74. The average molecular weight is 289 g/mol. The van der Waals surface area contributed by atoms with Gasteiger partial charge >= 0.3 is 0 Å². The van der Waals surface area contributed by atoms with Crippen LogP contribution < -0.4 is 10.2 Å². The van der Waals surface area contributed by atoms with E-state index in [-0.39, 0.29) is 0 Å². The molecule has 2 aliphatic heterocycles. The number of hydrogen-bond acceptors (Lipinski definition) is 5. The zero-order valence-electron chi connectivity index (χ0n) is 10.7. The van der Waals surface area contributed by atoms with E-state index in [2.05, 4.69) is 26.3 Å². The Morgan fingerprint density at radius 1 is 1.35 bits per heavy atom. The Morgan fingerprint density at radius 3 is 3.15 bits per heavy atom. The first kappa shape index (κ1) is 11.9. The van der Waals surface area contributed by atoms with Crippen molar-refractivity contribution in [2.45, 2.75) is 19.1 Å². The number of nitrogens with one attached hydrogen (secondary N) is 1. The number of anilines is 3. The number of rotatable bonds is 1. The SMILES string of the molecule is OC1Cc2ncnc(N3CCc4ccc(Cl)cc43)c2N1. The van der Waals surface area contributed by atoms with Gasteiger partial charge in [-0.2, -0.15) is 0 Å². The fourth-order valence-electron chi connectivity index (χ4n) is 2.89. The molecule has 2 N–H and O–H groups in total. The fourth-order valence-corrected chi connectivity index (χ4v) is 3.06. The minimum Gasteiger partial charge on any atom is -0.373 e. The number of aliphatic hydroxyl groups excluding tert-OH is 1. The van der Waals surface area contributed by atoms with Crippen LogP contribution in [0, 0.1) is 0 Å². The Bertz CT molecular complexity index is 691. The summed E-state index contributed by atoms with van der Waals surface area (Å²) in [5.41, 5.74) is 4.03. The molecule has 0 spiro atoms. The maximum atomic E-state index is 9.74. The summed E-state index contributed by atoms with van der Waals surface area (Å²) >= 11 is 6.10. The third kappa shape index (κ3) is 1.74. The second kappa shape index (κ2) is 4.33. The van der Waals surface area contributed by atoms with E-state index in [1.807, 2.05) is 12.1 Å². The quantitative estimate of drug-likeness (QED) is 0.841. The predicted molar refractivity (Wildman–Crippen MR) is 77.5 cm³/mol. The molecular formula is C14H13ClN4O. The molecule has 0 bridgehead atoms. The van der Waals surface area contributed by atoms with Gasteiger partial charge in [0.1, 0.15) is 18.2 Å². The molecule has 1 unspecified atom stereocenters. The van der Waals surface area contributed by atoms with Crippen LogP contribution in [0.3, 0.4) is 0 Å². The van der Waals surface area contributed by atoms with Gasteiger partial charge in [0.05, 0.1) is 5.69 Å². The van der Waals surface area contributed by atoms with E-state index in [0.717, 1.165) is 35.9 Å². The van der Waals surface area contributed by atoms with E-state index in [4.69, 9.17) is 11.6 Å². The van der Waals surface area contributed by atoms with Crippen molar-refractivity contribution < 1.29 is 5.11 Å². The Kier molecular flexibility index (Phi) is 2.58. The van der Waals surface area contributed by atoms with Crippen LogP contribution in [-0.2, 0) is 12.8 Å². The molecule has 0 radical (unpaired) electrons. The minimum atomic E-state index is -0.582. The number of aliphatic hydroxyl groups is 1. The normalized spacial score (nSPS) is 19.7. The lowest BCUT2D eigenvalue weighted by molar-refractivity contribution is 0.211. The number of nitrogens with zero attached hydrogens (tertiary/aromatic N) is 3. The minimum absolute atomic E-state index is 0.515. The van der Waals surface area contributed by atoms with Crippen LogP contribution in [0.4, 0.5) is 17.2 Å². The molecule has 0 amide bonds. The molecule has 0 saturated carbocycles. The van der Waals surface area contributed by atoms with Crippen LogP contribution >= 0.6 is 11.6 Å². The molecule has 1 atom stereocenters. The summed E-state index contributed by atoms with van der Waals surface area (Å²) in [5, 5.41) is 13.5. The van der Waals surface area contributed by atoms with E-state index >= 15 is 0 Å². The van der Waals surface area contributed by atoms with Gasteiger partial charge in [-0.05, 0) is 24.1 Å². The van der Waals surface area contributed by atoms with Gasteiger partial charge in [-0.1, -0.05) is 17.7 Å². The molecule has 2 aromatic rings. The first-order valence-electron chi connectivity index (χ1n) is 6.57. The highest BCUT2D eigenvalue weighted by atomic mass is 35.5. The van der Waals surface area contributed by atoms with Crippen molar-refractivity contribution in [1.29, 1.82) is 0 Å². The molecule has 2 aliphatic rings. The largest absolute Gasteiger partial charge is 0.373 e. The van der Waals surface area contributed by atoms with Crippen LogP contribution in [0.1, 0.15) is 11.3 Å². The maximum Gasteiger partial charge on any atom is 0.160 e. The first-order valence-corrected chi connectivity index (χ1v) is 6.94. The van der Waals surface area contributed by atoms with Gasteiger partial charge in [0, 0.05) is 23.7 Å². The highest BCUT2D eigenvalue weighted by molar-refractivity contribution is 6.31. The Hall–Kier alpha value is -1.85. The van der Waals surface area contributed by atoms with Crippen molar-refractivity contribution in [1.82, 2.24) is 9.97 Å². The summed E-state index contributed by atoms with van der Waals surface area (Å²) in [5.74, 6) is 0.813. The summed E-state index contributed by atoms with van der Waals surface area (Å²) in [6.07, 6.45) is 2.45. The second-order valence-corrected chi connectivity index (χ2v) is 5.49. The van der Waals surface area contributed by atoms with Crippen LogP contribution in [0.15, 0.2) is 24.5 Å². The zero-order valence-corrected chi connectivity index (χ0v) is 11.4. The van der Waals surface area contributed by atoms with Crippen molar-refractivity contribution in [3.05, 3.63) is 40.8 Å². The molecule has 20 heavy (non-hydrogen) atoms. The van der Waals surface area contributed by atoms with Crippen molar-refractivity contribution in [2.24, 2.45) is 0 Å². The van der Waals surface area contributed by atoms with Gasteiger partial charge in [-0.3, -0.25) is 0 Å². The summed E-state index contributed by atoms with van der Waals surface area (Å²) in [6, 6.07) is 5.93. The standard InChI is InChI=1S/C14H13ClN4O/c15-9-2-1-8-3-4-19(11(8)5-9)14-13-10(16-7-17-14)6-12(20)18-13/h1-2,5,7,12,18,20H,3-4,6H2. The van der Waals surface area contributed by atoms with Gasteiger partial charge < -0.3 is 15.3 Å². The molecule has 0 saturated heterocycles. The molecule has 0 fully saturated rings. The van der Waals surface area contributed by atoms with E-state index in [9.17, 15) is 5.11 Å². The number of fused-ring (bicyclic) bond motifs is 2. The Morgan fingerprint density at radius 2 is 2.25 bits per heavy atom. The van der Waals surface area contributed by atoms with Crippen molar-refractivity contribution >= 4 is 28.8 Å². The average Bonchev–Trinajstić information content (AvgIpc) is 3.00. The van der Waals surface area contributed by atoms with Crippen LogP contribution in [-0.4, -0.2) is 27.8 Å². The Balaban J connectivity index is 1.82. The molecule has 3 heterocycles. The highest BCUT2D eigenvalue weighted by Crippen LogP contribution is 2.40. The lowest BCUT2D eigenvalue weighted by Gasteiger charge is -2.21. The lowest BCUT2D eigenvalue weighted by Crippen LogP contribution is -2.18. The van der Waals surface area contributed by atoms with Crippen LogP contribution in [0.5, 0.6) is 0 Å². The van der Waals surface area contributed by atoms with Gasteiger partial charge in [0.15, 0.2) is 5.82 Å². The number of hydrogen-bond donors (Lipinski definition) is 2. The molecule has 0 aliphatic carbocycles. The fraction of sp³-hybridized carbons (Fsp3) is 0.286. The smallest absolute Gasteiger partial charge is 0.160 e. The first-order chi connectivity index (χ1) is 9.72. The molecule has 6 heteroatoms. The summed E-state index contributed by atoms with van der Waals surface area (Å²) in [7, 11) is 0. The predicted octanol–water partition coefficient (Wildman–Crippen LogP) is 2.11. The molecule has 5 nitrogen and oxygen atoms in total. The number of aromatic nitrogens is 2. The van der Waals surface area contributed by atoms with Gasteiger partial charge in [-0.25, -0.2) is 9.97 Å². The monoisotopic (exact) mass is 288 g/mol. The van der Waals surface area contributed by atoms with Crippen LogP contribution in [0.25, 0.3) is 0 Å². The molecule has 4 rings (SSSR count). The third-order valence-corrected chi connectivity index (χ3v) is 4.04. The highest BCUT2D eigenvalue weighted by Gasteiger charge is 2.29. The van der Waals surface area contributed by atoms with Crippen molar-refractivity contribution in [3.63, 3.8) is 0 Å².